The van der Waals surface area contributed by atoms with Crippen molar-refractivity contribution in [1.29, 1.82) is 0 Å². The van der Waals surface area contributed by atoms with Gasteiger partial charge in [-0.2, -0.15) is 0 Å². The predicted octanol–water partition coefficient (Wildman–Crippen LogP) is 7.21. The van der Waals surface area contributed by atoms with Crippen LogP contribution in [-0.2, 0) is 33.2 Å². The maximum atomic E-state index is 13.7. The summed E-state index contributed by atoms with van der Waals surface area (Å²) in [6.45, 7) is 22.6. The van der Waals surface area contributed by atoms with Gasteiger partial charge in [0, 0.05) is 51.4 Å². The molecule has 4 unspecified atom stereocenters. The summed E-state index contributed by atoms with van der Waals surface area (Å²) in [6, 6.07) is 0.00278. The molecule has 0 aromatic rings. The Bertz CT molecular complexity index is 1370. The normalized spacial score (nSPS) is 29.4. The minimum atomic E-state index is -0.210. The quantitative estimate of drug-likeness (QED) is 0.0312. The van der Waals surface area contributed by atoms with Crippen LogP contribution in [0.5, 0.6) is 0 Å². The number of carbonyl (C=O) groups is 2. The number of hydrogen-bond acceptors (Lipinski definition) is 11. The Morgan fingerprint density at radius 2 is 1.31 bits per heavy atom. The lowest BCUT2D eigenvalue weighted by Gasteiger charge is -2.65. The van der Waals surface area contributed by atoms with Crippen molar-refractivity contribution in [3.05, 3.63) is 12.7 Å². The molecule has 14 nitrogen and oxygen atoms in total. The van der Waals surface area contributed by atoms with Crippen molar-refractivity contribution < 1.29 is 38.0 Å². The van der Waals surface area contributed by atoms with Crippen molar-refractivity contribution in [1.82, 2.24) is 15.5 Å². The highest BCUT2D eigenvalue weighted by molar-refractivity contribution is 5.86. The topological polar surface area (TPSA) is 195 Å². The third kappa shape index (κ3) is 17.7. The van der Waals surface area contributed by atoms with E-state index in [0.29, 0.717) is 121 Å². The molecular weight excluding hydrogens is 849 g/mol. The summed E-state index contributed by atoms with van der Waals surface area (Å²) < 4.78 is 37.4. The van der Waals surface area contributed by atoms with Gasteiger partial charge >= 0.3 is 6.03 Å². The van der Waals surface area contributed by atoms with E-state index in [1.54, 1.807) is 0 Å². The number of fused-ring (bicyclic) bond motifs is 5. The SMILES string of the molecule is C=CC(=O)NCCOCCOCCOCCNC(=O)N(CCCCCCCC)CCCC(C)C1CC[C@H]2C3[C@H](OCCCN)CC4C[C@H](OCCCN)CC[C@]4(C)[C@H]3C[C@H](OCCCN)[C@]12C. The average Bonchev–Trinajstić information content (AvgIpc) is 3.69. The second-order valence-electron chi connectivity index (χ2n) is 20.9. The van der Waals surface area contributed by atoms with Gasteiger partial charge in [0.1, 0.15) is 0 Å². The molecule has 0 spiro atoms. The van der Waals surface area contributed by atoms with E-state index in [1.807, 2.05) is 0 Å². The van der Waals surface area contributed by atoms with E-state index in [1.165, 1.54) is 51.0 Å². The molecule has 11 atom stereocenters. The maximum absolute atomic E-state index is 13.7. The summed E-state index contributed by atoms with van der Waals surface area (Å²) in [5.74, 6) is 2.98. The zero-order valence-electron chi connectivity index (χ0n) is 43.0. The molecule has 0 bridgehead atoms. The second-order valence-corrected chi connectivity index (χ2v) is 20.9. The van der Waals surface area contributed by atoms with Crippen molar-refractivity contribution in [2.75, 3.05) is 105 Å². The number of nitrogens with zero attached hydrogens (tertiary/aromatic N) is 1. The number of nitrogens with two attached hydrogens (primary N) is 3. The van der Waals surface area contributed by atoms with E-state index in [0.717, 1.165) is 96.9 Å². The summed E-state index contributed by atoms with van der Waals surface area (Å²) >= 11 is 0. The summed E-state index contributed by atoms with van der Waals surface area (Å²) in [5.41, 5.74) is 18.2. The predicted molar refractivity (Wildman–Crippen MR) is 269 cm³/mol. The van der Waals surface area contributed by atoms with Crippen molar-refractivity contribution in [2.45, 2.75) is 162 Å². The van der Waals surface area contributed by atoms with Crippen LogP contribution in [0.2, 0.25) is 0 Å². The fraction of sp³-hybridized carbons (Fsp3) is 0.925. The van der Waals surface area contributed by atoms with Gasteiger partial charge in [-0.1, -0.05) is 66.4 Å². The lowest BCUT2D eigenvalue weighted by atomic mass is 9.43. The highest BCUT2D eigenvalue weighted by Gasteiger charge is 2.66. The standard InChI is InChI=1S/C53H100N6O8/c1-6-8-9-10-11-12-27-59(51(61)58-26-33-63-35-37-64-36-34-62-32-25-57-49(60)7-2)28-13-17-41(3)44-18-19-45-50-46(40-48(53(44,45)5)67-31-16-24-56)52(4)21-20-43(65-29-14-22-54)38-42(52)39-47(50)66-30-15-23-55/h7,41-48,50H,2,6,8-40,54-56H2,1,3-5H3,(H,57,60)(H,58,61)/t41?,42?,43-,44?,45+,46+,47-,48+,50?,52+,53-/m1/s1. The van der Waals surface area contributed by atoms with Crippen molar-refractivity contribution in [3.63, 3.8) is 0 Å². The minimum Gasteiger partial charge on any atom is -0.378 e. The molecule has 0 heterocycles. The van der Waals surface area contributed by atoms with Gasteiger partial charge < -0.3 is 61.2 Å². The van der Waals surface area contributed by atoms with Gasteiger partial charge in [-0.25, -0.2) is 4.79 Å². The van der Waals surface area contributed by atoms with Crippen molar-refractivity contribution >= 4 is 11.9 Å². The first-order valence-electron chi connectivity index (χ1n) is 27.2. The molecule has 8 N–H and O–H groups in total. The van der Waals surface area contributed by atoms with Crippen LogP contribution < -0.4 is 27.8 Å². The molecule has 0 aromatic heterocycles. The van der Waals surface area contributed by atoms with Crippen LogP contribution in [0, 0.1) is 46.3 Å². The Morgan fingerprint density at radius 3 is 1.99 bits per heavy atom. The largest absolute Gasteiger partial charge is 0.378 e. The average molecular weight is 949 g/mol. The monoisotopic (exact) mass is 949 g/mol. The summed E-state index contributed by atoms with van der Waals surface area (Å²) in [6.07, 6.45) is 21.9. The Kier molecular flexibility index (Phi) is 27.7. The van der Waals surface area contributed by atoms with Crippen LogP contribution in [-0.4, -0.2) is 140 Å². The van der Waals surface area contributed by atoms with Gasteiger partial charge in [0.2, 0.25) is 5.91 Å². The number of ether oxygens (including phenoxy) is 6. The summed E-state index contributed by atoms with van der Waals surface area (Å²) in [7, 11) is 0. The third-order valence-corrected chi connectivity index (χ3v) is 16.6. The number of nitrogens with one attached hydrogen (secondary N) is 2. The molecular formula is C53H100N6O8. The third-order valence-electron chi connectivity index (χ3n) is 16.6. The first kappa shape index (κ1) is 57.7. The zero-order valence-corrected chi connectivity index (χ0v) is 43.0. The van der Waals surface area contributed by atoms with Gasteiger partial charge in [-0.15, -0.1) is 0 Å². The zero-order chi connectivity index (χ0) is 48.3. The fourth-order valence-electron chi connectivity index (χ4n) is 13.0. The molecule has 4 aliphatic rings. The molecule has 14 heteroatoms. The Morgan fingerprint density at radius 1 is 0.701 bits per heavy atom. The fourth-order valence-corrected chi connectivity index (χ4v) is 13.0. The Labute approximate surface area is 407 Å². The van der Waals surface area contributed by atoms with Crippen LogP contribution in [0.25, 0.3) is 0 Å². The molecule has 0 aromatic carbocycles. The molecule has 0 radical (unpaired) electrons. The molecule has 0 saturated heterocycles. The van der Waals surface area contributed by atoms with Gasteiger partial charge in [0.25, 0.3) is 0 Å². The van der Waals surface area contributed by atoms with Gasteiger partial charge in [-0.05, 0) is 150 Å². The summed E-state index contributed by atoms with van der Waals surface area (Å²) in [4.78, 5) is 26.9. The second kappa shape index (κ2) is 32.2. The highest BCUT2D eigenvalue weighted by atomic mass is 16.5. The van der Waals surface area contributed by atoms with Crippen LogP contribution in [0.4, 0.5) is 4.79 Å². The molecule has 0 aliphatic heterocycles. The van der Waals surface area contributed by atoms with E-state index in [-0.39, 0.29) is 35.0 Å². The molecule has 4 aliphatic carbocycles. The van der Waals surface area contributed by atoms with Crippen LogP contribution in [0.15, 0.2) is 12.7 Å². The van der Waals surface area contributed by atoms with Gasteiger partial charge in [0.15, 0.2) is 0 Å². The first-order chi connectivity index (χ1) is 32.6. The van der Waals surface area contributed by atoms with E-state index < -0.39 is 0 Å². The maximum Gasteiger partial charge on any atom is 0.317 e. The van der Waals surface area contributed by atoms with Crippen LogP contribution in [0.3, 0.4) is 0 Å². The number of hydrogen-bond donors (Lipinski definition) is 5. The van der Waals surface area contributed by atoms with Gasteiger partial charge in [0.05, 0.1) is 58.0 Å². The first-order valence-corrected chi connectivity index (χ1v) is 27.2. The van der Waals surface area contributed by atoms with E-state index in [4.69, 9.17) is 45.6 Å². The van der Waals surface area contributed by atoms with Crippen molar-refractivity contribution in [2.24, 2.45) is 63.5 Å². The molecule has 3 amide bonds. The number of amides is 3. The summed E-state index contributed by atoms with van der Waals surface area (Å²) in [5, 5.41) is 5.82. The minimum absolute atomic E-state index is 0.00278. The number of urea groups is 1. The molecule has 67 heavy (non-hydrogen) atoms. The Hall–Kier alpha value is -1.88. The Balaban J connectivity index is 1.35. The van der Waals surface area contributed by atoms with Crippen LogP contribution in [0.1, 0.15) is 143 Å². The van der Waals surface area contributed by atoms with Crippen molar-refractivity contribution in [3.8, 4) is 0 Å². The lowest BCUT2D eigenvalue weighted by molar-refractivity contribution is -0.227. The van der Waals surface area contributed by atoms with Gasteiger partial charge in [-0.3, -0.25) is 4.79 Å². The van der Waals surface area contributed by atoms with E-state index in [2.05, 4.69) is 49.8 Å². The molecule has 4 saturated carbocycles. The highest BCUT2D eigenvalue weighted by Crippen LogP contribution is 2.69. The van der Waals surface area contributed by atoms with Crippen LogP contribution >= 0.6 is 0 Å². The molecule has 4 fully saturated rings. The number of unbranched alkanes of at least 4 members (excludes halogenated alkanes) is 5. The molecule has 4 rings (SSSR count). The van der Waals surface area contributed by atoms with E-state index >= 15 is 0 Å². The van der Waals surface area contributed by atoms with E-state index in [9.17, 15) is 9.59 Å². The lowest BCUT2D eigenvalue weighted by Crippen LogP contribution is -2.63. The number of rotatable bonds is 37. The number of carbonyl (C=O) groups excluding carboxylic acids is 2. The molecule has 390 valence electrons. The smallest absolute Gasteiger partial charge is 0.317 e.